The van der Waals surface area contributed by atoms with Crippen LogP contribution in [-0.4, -0.2) is 24.9 Å². The van der Waals surface area contributed by atoms with Gasteiger partial charge in [0.05, 0.1) is 13.2 Å². The Kier molecular flexibility index (Phi) is 7.06. The minimum absolute atomic E-state index is 0.363. The van der Waals surface area contributed by atoms with E-state index in [9.17, 15) is 0 Å². The molecule has 0 aliphatic carbocycles. The van der Waals surface area contributed by atoms with Gasteiger partial charge in [-0.1, -0.05) is 38.5 Å². The molecule has 1 saturated heterocycles. The number of hydrogen-bond acceptors (Lipinski definition) is 2. The van der Waals surface area contributed by atoms with Gasteiger partial charge in [-0.05, 0) is 12.8 Å². The zero-order valence-electron chi connectivity index (χ0n) is 9.21. The maximum absolute atomic E-state index is 8.59. The number of hydrogen-bond donors (Lipinski definition) is 1. The number of rotatable bonds is 9. The lowest BCUT2D eigenvalue weighted by Gasteiger charge is -2.25. The summed E-state index contributed by atoms with van der Waals surface area (Å²) in [7, 11) is 0. The molecule has 0 amide bonds. The summed E-state index contributed by atoms with van der Waals surface area (Å²) in [5, 5.41) is 8.59. The molecule has 0 saturated carbocycles. The van der Waals surface area contributed by atoms with Gasteiger partial charge < -0.3 is 9.84 Å². The minimum atomic E-state index is 0.363. The summed E-state index contributed by atoms with van der Waals surface area (Å²) in [4.78, 5) is 0. The van der Waals surface area contributed by atoms with Gasteiger partial charge in [0, 0.05) is 12.5 Å². The Morgan fingerprint density at radius 2 is 1.43 bits per heavy atom. The second kappa shape index (κ2) is 8.25. The molecule has 0 aromatic heterocycles. The van der Waals surface area contributed by atoms with Crippen molar-refractivity contribution in [2.24, 2.45) is 5.92 Å². The van der Waals surface area contributed by atoms with Crippen molar-refractivity contribution in [2.75, 3.05) is 19.8 Å². The summed E-state index contributed by atoms with van der Waals surface area (Å²) in [6.07, 6.45) is 10.3. The van der Waals surface area contributed by atoms with Crippen molar-refractivity contribution in [3.63, 3.8) is 0 Å². The van der Waals surface area contributed by atoms with Crippen molar-refractivity contribution in [3.05, 3.63) is 0 Å². The molecule has 0 atom stereocenters. The van der Waals surface area contributed by atoms with E-state index in [4.69, 9.17) is 9.84 Å². The molecule has 14 heavy (non-hydrogen) atoms. The van der Waals surface area contributed by atoms with Crippen molar-refractivity contribution in [1.82, 2.24) is 0 Å². The fraction of sp³-hybridized carbons (Fsp3) is 1.00. The van der Waals surface area contributed by atoms with Crippen LogP contribution >= 0.6 is 0 Å². The first kappa shape index (κ1) is 12.0. The summed E-state index contributed by atoms with van der Waals surface area (Å²) in [6, 6.07) is 0. The molecule has 0 aromatic rings. The zero-order chi connectivity index (χ0) is 10.1. The molecule has 0 radical (unpaired) electrons. The van der Waals surface area contributed by atoms with Crippen LogP contribution in [0, 0.1) is 5.92 Å². The molecule has 0 bridgehead atoms. The normalized spacial score (nSPS) is 16.9. The Morgan fingerprint density at radius 3 is 1.93 bits per heavy atom. The molecule has 1 aliphatic rings. The number of unbranched alkanes of at least 4 members (excludes halogenated alkanes) is 6. The molecule has 1 heterocycles. The smallest absolute Gasteiger partial charge is 0.0516 e. The maximum Gasteiger partial charge on any atom is 0.0516 e. The van der Waals surface area contributed by atoms with Gasteiger partial charge in [-0.3, -0.25) is 0 Å². The van der Waals surface area contributed by atoms with E-state index in [0.29, 0.717) is 6.61 Å². The van der Waals surface area contributed by atoms with E-state index in [2.05, 4.69) is 0 Å². The monoisotopic (exact) mass is 200 g/mol. The van der Waals surface area contributed by atoms with E-state index in [0.717, 1.165) is 25.6 Å². The first-order valence-corrected chi connectivity index (χ1v) is 6.12. The van der Waals surface area contributed by atoms with Crippen molar-refractivity contribution >= 4 is 0 Å². The average molecular weight is 200 g/mol. The summed E-state index contributed by atoms with van der Waals surface area (Å²) in [5.41, 5.74) is 0. The lowest BCUT2D eigenvalue weighted by molar-refractivity contribution is -0.0364. The highest BCUT2D eigenvalue weighted by Gasteiger charge is 2.16. The van der Waals surface area contributed by atoms with Crippen molar-refractivity contribution in [1.29, 1.82) is 0 Å². The molecule has 1 fully saturated rings. The molecule has 84 valence electrons. The molecular weight excluding hydrogens is 176 g/mol. The predicted octanol–water partition coefficient (Wildman–Crippen LogP) is 2.75. The summed E-state index contributed by atoms with van der Waals surface area (Å²) in [5.74, 6) is 0.879. The molecule has 2 nitrogen and oxygen atoms in total. The first-order valence-electron chi connectivity index (χ1n) is 6.12. The van der Waals surface area contributed by atoms with Gasteiger partial charge in [-0.2, -0.15) is 0 Å². The van der Waals surface area contributed by atoms with Gasteiger partial charge >= 0.3 is 0 Å². The molecule has 0 aromatic carbocycles. The van der Waals surface area contributed by atoms with E-state index in [1.807, 2.05) is 0 Å². The van der Waals surface area contributed by atoms with Gasteiger partial charge in [0.25, 0.3) is 0 Å². The van der Waals surface area contributed by atoms with Gasteiger partial charge in [0.15, 0.2) is 0 Å². The Hall–Kier alpha value is -0.0800. The Labute approximate surface area is 87.7 Å². The fourth-order valence-corrected chi connectivity index (χ4v) is 1.88. The van der Waals surface area contributed by atoms with Crippen molar-refractivity contribution in [3.8, 4) is 0 Å². The third-order valence-electron chi connectivity index (χ3n) is 2.98. The highest BCUT2D eigenvalue weighted by molar-refractivity contribution is 4.64. The molecule has 0 unspecified atom stereocenters. The number of aliphatic hydroxyl groups is 1. The van der Waals surface area contributed by atoms with Crippen LogP contribution in [0.25, 0.3) is 0 Å². The molecule has 0 spiro atoms. The van der Waals surface area contributed by atoms with E-state index in [1.54, 1.807) is 0 Å². The minimum Gasteiger partial charge on any atom is -0.396 e. The topological polar surface area (TPSA) is 29.5 Å². The SMILES string of the molecule is OCCCCCCCCCC1COC1. The van der Waals surface area contributed by atoms with Crippen LogP contribution < -0.4 is 0 Å². The third-order valence-corrected chi connectivity index (χ3v) is 2.98. The average Bonchev–Trinajstić information content (AvgIpc) is 2.13. The lowest BCUT2D eigenvalue weighted by atomic mass is 9.99. The second-order valence-corrected chi connectivity index (χ2v) is 4.39. The Morgan fingerprint density at radius 1 is 0.857 bits per heavy atom. The molecule has 1 aliphatic heterocycles. The van der Waals surface area contributed by atoms with Crippen molar-refractivity contribution in [2.45, 2.75) is 51.4 Å². The molecular formula is C12H24O2. The lowest BCUT2D eigenvalue weighted by Crippen LogP contribution is -2.27. The highest BCUT2D eigenvalue weighted by Crippen LogP contribution is 2.18. The largest absolute Gasteiger partial charge is 0.396 e. The molecule has 1 N–H and O–H groups in total. The van der Waals surface area contributed by atoms with Crippen LogP contribution in [0.15, 0.2) is 0 Å². The number of aliphatic hydroxyl groups excluding tert-OH is 1. The summed E-state index contributed by atoms with van der Waals surface area (Å²) in [6.45, 7) is 2.38. The molecule has 2 heteroatoms. The predicted molar refractivity (Wildman–Crippen MR) is 58.3 cm³/mol. The van der Waals surface area contributed by atoms with E-state index >= 15 is 0 Å². The third kappa shape index (κ3) is 5.61. The highest BCUT2D eigenvalue weighted by atomic mass is 16.5. The summed E-state index contributed by atoms with van der Waals surface area (Å²) >= 11 is 0. The Balaban J connectivity index is 1.67. The Bertz CT molecular complexity index is 121. The standard InChI is InChI=1S/C12H24O2/c13-9-7-5-3-1-2-4-6-8-12-10-14-11-12/h12-13H,1-11H2. The molecule has 1 rings (SSSR count). The van der Waals surface area contributed by atoms with Crippen LogP contribution in [0.1, 0.15) is 51.4 Å². The van der Waals surface area contributed by atoms with Gasteiger partial charge in [-0.15, -0.1) is 0 Å². The van der Waals surface area contributed by atoms with Crippen LogP contribution in [-0.2, 0) is 4.74 Å². The first-order chi connectivity index (χ1) is 6.93. The summed E-state index contributed by atoms with van der Waals surface area (Å²) < 4.78 is 5.13. The van der Waals surface area contributed by atoms with Crippen LogP contribution in [0.5, 0.6) is 0 Å². The van der Waals surface area contributed by atoms with Gasteiger partial charge in [0.1, 0.15) is 0 Å². The number of ether oxygens (including phenoxy) is 1. The zero-order valence-corrected chi connectivity index (χ0v) is 9.21. The quantitative estimate of drug-likeness (QED) is 0.580. The van der Waals surface area contributed by atoms with Gasteiger partial charge in [-0.25, -0.2) is 0 Å². The van der Waals surface area contributed by atoms with Crippen LogP contribution in [0.2, 0.25) is 0 Å². The fourth-order valence-electron chi connectivity index (χ4n) is 1.88. The maximum atomic E-state index is 8.59. The van der Waals surface area contributed by atoms with Crippen LogP contribution in [0.3, 0.4) is 0 Å². The van der Waals surface area contributed by atoms with Crippen LogP contribution in [0.4, 0.5) is 0 Å². The van der Waals surface area contributed by atoms with E-state index in [1.165, 1.54) is 44.9 Å². The van der Waals surface area contributed by atoms with E-state index < -0.39 is 0 Å². The second-order valence-electron chi connectivity index (χ2n) is 4.39. The van der Waals surface area contributed by atoms with Crippen molar-refractivity contribution < 1.29 is 9.84 Å². The van der Waals surface area contributed by atoms with E-state index in [-0.39, 0.29) is 0 Å². The van der Waals surface area contributed by atoms with Gasteiger partial charge in [0.2, 0.25) is 0 Å².